The zero-order chi connectivity index (χ0) is 22.3. The molecule has 3 atom stereocenters. The fourth-order valence-electron chi connectivity index (χ4n) is 5.42. The number of benzene rings is 1. The molecule has 1 aliphatic carbocycles. The number of nitrogens with one attached hydrogen (secondary N) is 1. The number of aryl methyl sites for hydroxylation is 1. The highest BCUT2D eigenvalue weighted by molar-refractivity contribution is 7.09. The van der Waals surface area contributed by atoms with Gasteiger partial charge in [0, 0.05) is 52.5 Å². The molecule has 3 N–H and O–H groups in total. The lowest BCUT2D eigenvalue weighted by atomic mass is 10.0. The van der Waals surface area contributed by atoms with Gasteiger partial charge in [-0.3, -0.25) is 5.10 Å². The molecule has 1 aromatic carbocycles. The Hall–Kier alpha value is -2.66. The van der Waals surface area contributed by atoms with Crippen molar-refractivity contribution in [2.24, 2.45) is 17.6 Å². The third kappa shape index (κ3) is 2.69. The monoisotopic (exact) mass is 494 g/mol. The number of halogens is 1. The summed E-state index contributed by atoms with van der Waals surface area (Å²) in [7, 11) is 0. The number of nitrogens with two attached hydrogens (primary N) is 1. The molecule has 1 saturated heterocycles. The number of hydrogen-bond donors (Lipinski definition) is 2. The summed E-state index contributed by atoms with van der Waals surface area (Å²) in [6.45, 7) is 4.51. The largest absolute Gasteiger partial charge is 0.355 e. The van der Waals surface area contributed by atoms with Crippen molar-refractivity contribution in [1.29, 1.82) is 0 Å². The maximum absolute atomic E-state index is 6.66. The van der Waals surface area contributed by atoms with Crippen LogP contribution in [0.15, 0.2) is 29.1 Å². The second kappa shape index (κ2) is 6.92. The lowest BCUT2D eigenvalue weighted by molar-refractivity contribution is 0.549. The first-order valence-corrected chi connectivity index (χ1v) is 12.8. The van der Waals surface area contributed by atoms with Crippen LogP contribution in [0, 0.1) is 18.8 Å². The van der Waals surface area contributed by atoms with Crippen LogP contribution in [0.3, 0.4) is 0 Å². The van der Waals surface area contributed by atoms with Crippen molar-refractivity contribution < 1.29 is 0 Å². The normalized spacial score (nSPS) is 24.2. The Kier molecular flexibility index (Phi) is 4.15. The molecule has 166 valence electrons. The van der Waals surface area contributed by atoms with Crippen molar-refractivity contribution in [3.63, 3.8) is 0 Å². The Bertz CT molecular complexity index is 1530. The molecule has 1 aliphatic heterocycles. The Morgan fingerprint density at radius 3 is 2.85 bits per heavy atom. The highest BCUT2D eigenvalue weighted by Crippen LogP contribution is 2.63. The molecule has 5 heterocycles. The van der Waals surface area contributed by atoms with E-state index in [1.54, 1.807) is 11.3 Å². The molecule has 0 unspecified atom stereocenters. The minimum absolute atomic E-state index is 0.0278. The molecule has 0 amide bonds. The van der Waals surface area contributed by atoms with Gasteiger partial charge in [0.05, 0.1) is 16.7 Å². The van der Waals surface area contributed by atoms with Gasteiger partial charge in [-0.25, -0.2) is 15.0 Å². The number of nitrogens with zero attached hydrogens (tertiary/aromatic N) is 6. The van der Waals surface area contributed by atoms with E-state index in [-0.39, 0.29) is 5.41 Å². The maximum Gasteiger partial charge on any atom is 0.177 e. The quantitative estimate of drug-likeness (QED) is 0.388. The van der Waals surface area contributed by atoms with Crippen molar-refractivity contribution >= 4 is 62.4 Å². The highest BCUT2D eigenvalue weighted by Gasteiger charge is 2.69. The molecule has 7 rings (SSSR count). The van der Waals surface area contributed by atoms with Crippen molar-refractivity contribution in [3.8, 4) is 11.3 Å². The van der Waals surface area contributed by atoms with Gasteiger partial charge in [-0.2, -0.15) is 9.47 Å². The lowest BCUT2D eigenvalue weighted by Crippen LogP contribution is -2.35. The SMILES string of the molecule is Cc1csc([C@]2(CN)[C@@H]3CN(c4cnc5c(-c6ccc7nscc7c6Cl)n[nH]c5n4)C[C@@H]32)n1. The van der Waals surface area contributed by atoms with E-state index in [9.17, 15) is 0 Å². The fourth-order valence-corrected chi connectivity index (χ4v) is 7.60. The fraction of sp³-hybridized carbons (Fsp3) is 0.318. The van der Waals surface area contributed by atoms with Crippen molar-refractivity contribution in [1.82, 2.24) is 29.5 Å². The highest BCUT2D eigenvalue weighted by atomic mass is 35.5. The number of aromatic amines is 1. The van der Waals surface area contributed by atoms with Crippen molar-refractivity contribution in [2.45, 2.75) is 12.3 Å². The summed E-state index contributed by atoms with van der Waals surface area (Å²) in [5.74, 6) is 1.87. The van der Waals surface area contributed by atoms with Crippen LogP contribution < -0.4 is 10.6 Å². The van der Waals surface area contributed by atoms with Gasteiger partial charge < -0.3 is 10.6 Å². The van der Waals surface area contributed by atoms with Gasteiger partial charge in [-0.05, 0) is 42.4 Å². The number of anilines is 1. The molecule has 4 aromatic heterocycles. The van der Waals surface area contributed by atoms with Gasteiger partial charge in [0.1, 0.15) is 22.0 Å². The van der Waals surface area contributed by atoms with Crippen LogP contribution in [0.2, 0.25) is 5.02 Å². The first kappa shape index (κ1) is 19.8. The van der Waals surface area contributed by atoms with E-state index in [4.69, 9.17) is 32.3 Å². The van der Waals surface area contributed by atoms with Crippen LogP contribution in [0.1, 0.15) is 10.7 Å². The van der Waals surface area contributed by atoms with Crippen LogP contribution >= 0.6 is 34.5 Å². The summed E-state index contributed by atoms with van der Waals surface area (Å²) in [6.07, 6.45) is 1.84. The van der Waals surface area contributed by atoms with E-state index in [1.165, 1.54) is 16.5 Å². The molecular weight excluding hydrogens is 476 g/mol. The number of aromatic nitrogens is 6. The first-order valence-electron chi connectivity index (χ1n) is 10.7. The van der Waals surface area contributed by atoms with Gasteiger partial charge in [0.2, 0.25) is 0 Å². The molecule has 33 heavy (non-hydrogen) atoms. The smallest absolute Gasteiger partial charge is 0.177 e. The zero-order valence-electron chi connectivity index (χ0n) is 17.6. The lowest BCUT2D eigenvalue weighted by Gasteiger charge is -2.25. The summed E-state index contributed by atoms with van der Waals surface area (Å²) in [5.41, 5.74) is 11.1. The number of fused-ring (bicyclic) bond motifs is 3. The Morgan fingerprint density at radius 2 is 2.09 bits per heavy atom. The zero-order valence-corrected chi connectivity index (χ0v) is 20.0. The average Bonchev–Trinajstić information content (AvgIpc) is 3.46. The maximum atomic E-state index is 6.66. The van der Waals surface area contributed by atoms with Crippen LogP contribution in [0.5, 0.6) is 0 Å². The summed E-state index contributed by atoms with van der Waals surface area (Å²) in [4.78, 5) is 16.6. The molecular formula is C22H19ClN8S2. The molecule has 5 aromatic rings. The van der Waals surface area contributed by atoms with Gasteiger partial charge in [-0.15, -0.1) is 11.3 Å². The van der Waals surface area contributed by atoms with Gasteiger partial charge in [-0.1, -0.05) is 11.6 Å². The van der Waals surface area contributed by atoms with Crippen LogP contribution in [0.4, 0.5) is 5.82 Å². The predicted molar refractivity (Wildman–Crippen MR) is 132 cm³/mol. The van der Waals surface area contributed by atoms with E-state index in [2.05, 4.69) is 24.9 Å². The number of rotatable bonds is 4. The predicted octanol–water partition coefficient (Wildman–Crippen LogP) is 4.01. The molecule has 0 spiro atoms. The Balaban J connectivity index is 1.18. The summed E-state index contributed by atoms with van der Waals surface area (Å²) >= 11 is 9.79. The minimum Gasteiger partial charge on any atom is -0.355 e. The van der Waals surface area contributed by atoms with E-state index < -0.39 is 0 Å². The second-order valence-corrected chi connectivity index (χ2v) is 10.7. The van der Waals surface area contributed by atoms with Gasteiger partial charge in [0.25, 0.3) is 0 Å². The number of piperidine rings is 1. The van der Waals surface area contributed by atoms with E-state index in [0.717, 1.165) is 41.1 Å². The average molecular weight is 495 g/mol. The summed E-state index contributed by atoms with van der Waals surface area (Å²) in [5, 5.41) is 14.4. The molecule has 1 saturated carbocycles. The first-order chi connectivity index (χ1) is 16.1. The summed E-state index contributed by atoms with van der Waals surface area (Å²) < 4.78 is 4.35. The van der Waals surface area contributed by atoms with Gasteiger partial charge in [0.15, 0.2) is 5.65 Å². The molecule has 8 nitrogen and oxygen atoms in total. The third-order valence-corrected chi connectivity index (χ3v) is 9.41. The van der Waals surface area contributed by atoms with Crippen LogP contribution in [-0.4, -0.2) is 49.2 Å². The molecule has 0 radical (unpaired) electrons. The van der Waals surface area contributed by atoms with Crippen LogP contribution in [0.25, 0.3) is 33.3 Å². The van der Waals surface area contributed by atoms with Crippen molar-refractivity contribution in [2.75, 3.05) is 24.5 Å². The molecule has 0 bridgehead atoms. The number of thiazole rings is 1. The molecule has 11 heteroatoms. The van der Waals surface area contributed by atoms with E-state index >= 15 is 0 Å². The Morgan fingerprint density at radius 1 is 1.24 bits per heavy atom. The third-order valence-electron chi connectivity index (χ3n) is 7.20. The standard InChI is InChI=1S/C22H19ClN8S2/c1-10-7-32-21(26-10)22(9-24)13-5-31(6-14(13)22)16-4-25-19-18(28-29-20(19)27-16)11-2-3-15-12(17(11)23)8-33-30-15/h2-4,7-8,13-14H,5-6,9,24H2,1H3,(H,27,28,29)/t13-,14+,22-. The van der Waals surface area contributed by atoms with E-state index in [0.29, 0.717) is 40.3 Å². The second-order valence-electron chi connectivity index (χ2n) is 8.83. The van der Waals surface area contributed by atoms with Crippen molar-refractivity contribution in [3.05, 3.63) is 44.8 Å². The number of H-pyrrole nitrogens is 1. The topological polar surface area (TPSA) is 110 Å². The molecule has 2 fully saturated rings. The van der Waals surface area contributed by atoms with Gasteiger partial charge >= 0.3 is 0 Å². The summed E-state index contributed by atoms with van der Waals surface area (Å²) in [6, 6.07) is 3.90. The molecule has 2 aliphatic rings. The minimum atomic E-state index is 0.0278. The van der Waals surface area contributed by atoms with Crippen LogP contribution in [-0.2, 0) is 5.41 Å². The Labute approximate surface area is 202 Å². The van der Waals surface area contributed by atoms with E-state index in [1.807, 2.05) is 30.6 Å². The number of hydrogen-bond acceptors (Lipinski definition) is 9.